The molecule has 0 saturated heterocycles. The lowest BCUT2D eigenvalue weighted by atomic mass is 9.77. The van der Waals surface area contributed by atoms with Crippen molar-refractivity contribution in [2.45, 2.75) is 106 Å². The SMILES string of the molecule is CC(=O)Oc1cc(OC(C)=O)c2c(c1)OC(c1ccc(OC(C)=O)c(OC(C)=O)c1)C(OC(C)=O)C2c1c(OC(C)=O)cc(OC(C)=O)c2c1OC(c1ccc(OC(C)=O)c(OC(C)=O)c1)C(OC(C)=O)C2. The third kappa shape index (κ3) is 12.5. The molecular formula is C50H46O22. The van der Waals surface area contributed by atoms with E-state index in [-0.39, 0.29) is 86.0 Å². The number of rotatable bonds is 13. The summed E-state index contributed by atoms with van der Waals surface area (Å²) in [5, 5.41) is 0. The molecule has 4 aromatic rings. The molecule has 0 radical (unpaired) electrons. The van der Waals surface area contributed by atoms with E-state index in [1.807, 2.05) is 0 Å². The highest BCUT2D eigenvalue weighted by molar-refractivity contribution is 5.79. The molecule has 0 N–H and O–H groups in total. The minimum absolute atomic E-state index is 0.00922. The second kappa shape index (κ2) is 21.9. The van der Waals surface area contributed by atoms with Crippen molar-refractivity contribution in [3.63, 3.8) is 0 Å². The molecule has 0 spiro atoms. The zero-order valence-corrected chi connectivity index (χ0v) is 40.3. The fraction of sp³-hybridized carbons (Fsp3) is 0.320. The number of carbonyl (C=O) groups excluding carboxylic acids is 10. The Labute approximate surface area is 409 Å². The fourth-order valence-corrected chi connectivity index (χ4v) is 8.12. The van der Waals surface area contributed by atoms with Gasteiger partial charge < -0.3 is 56.8 Å². The van der Waals surface area contributed by atoms with Gasteiger partial charge in [0.1, 0.15) is 40.6 Å². The molecule has 2 heterocycles. The van der Waals surface area contributed by atoms with E-state index in [4.69, 9.17) is 56.8 Å². The van der Waals surface area contributed by atoms with Gasteiger partial charge in [-0.2, -0.15) is 0 Å². The van der Waals surface area contributed by atoms with Crippen LogP contribution >= 0.6 is 0 Å². The molecule has 2 aliphatic rings. The monoisotopic (exact) mass is 998 g/mol. The molecule has 22 nitrogen and oxygen atoms in total. The molecule has 0 fully saturated rings. The van der Waals surface area contributed by atoms with Crippen LogP contribution in [0.5, 0.6) is 57.5 Å². The summed E-state index contributed by atoms with van der Waals surface area (Å²) in [7, 11) is 0. The Kier molecular flexibility index (Phi) is 16.0. The first-order valence-corrected chi connectivity index (χ1v) is 21.7. The first-order chi connectivity index (χ1) is 33.9. The maximum Gasteiger partial charge on any atom is 0.308 e. The predicted molar refractivity (Wildman–Crippen MR) is 240 cm³/mol. The molecule has 0 aliphatic carbocycles. The van der Waals surface area contributed by atoms with E-state index in [0.29, 0.717) is 0 Å². The van der Waals surface area contributed by atoms with Gasteiger partial charge in [0.15, 0.2) is 41.3 Å². The van der Waals surface area contributed by atoms with E-state index in [1.165, 1.54) is 54.6 Å². The van der Waals surface area contributed by atoms with Gasteiger partial charge in [-0.1, -0.05) is 12.1 Å². The number of ether oxygens (including phenoxy) is 12. The van der Waals surface area contributed by atoms with Gasteiger partial charge in [0.2, 0.25) is 0 Å². The molecule has 0 saturated carbocycles. The third-order valence-electron chi connectivity index (χ3n) is 10.2. The quantitative estimate of drug-likeness (QED) is 0.111. The average molecular weight is 999 g/mol. The van der Waals surface area contributed by atoms with E-state index in [9.17, 15) is 47.9 Å². The van der Waals surface area contributed by atoms with Crippen molar-refractivity contribution in [3.05, 3.63) is 82.4 Å². The van der Waals surface area contributed by atoms with Crippen LogP contribution < -0.4 is 47.4 Å². The second-order valence-electron chi connectivity index (χ2n) is 16.1. The van der Waals surface area contributed by atoms with Crippen LogP contribution in [-0.4, -0.2) is 71.9 Å². The molecule has 5 atom stereocenters. The Bertz CT molecular complexity index is 2930. The van der Waals surface area contributed by atoms with Crippen molar-refractivity contribution in [2.75, 3.05) is 0 Å². The molecule has 4 aromatic carbocycles. The summed E-state index contributed by atoms with van der Waals surface area (Å²) in [6.07, 6.45) is -6.27. The van der Waals surface area contributed by atoms with Crippen LogP contribution in [0.15, 0.2) is 54.6 Å². The first-order valence-electron chi connectivity index (χ1n) is 21.7. The van der Waals surface area contributed by atoms with E-state index in [1.54, 1.807) is 0 Å². The van der Waals surface area contributed by atoms with Crippen LogP contribution in [0.25, 0.3) is 0 Å². The Hall–Kier alpha value is -8.82. The van der Waals surface area contributed by atoms with Gasteiger partial charge in [-0.15, -0.1) is 0 Å². The number of hydrogen-bond donors (Lipinski definition) is 0. The zero-order chi connectivity index (χ0) is 52.9. The van der Waals surface area contributed by atoms with Crippen molar-refractivity contribution in [1.82, 2.24) is 0 Å². The largest absolute Gasteiger partial charge is 0.481 e. The normalized spacial score (nSPS) is 17.3. The average Bonchev–Trinajstić information content (AvgIpc) is 3.23. The topological polar surface area (TPSA) is 281 Å². The number of carbonyl (C=O) groups is 10. The van der Waals surface area contributed by atoms with Crippen LogP contribution in [0.3, 0.4) is 0 Å². The smallest absolute Gasteiger partial charge is 0.308 e. The highest BCUT2D eigenvalue weighted by Gasteiger charge is 2.50. The standard InChI is InChI=1S/C50H46O22/c1-21(51)61-33-17-40(67-27(7)57)44-41(18-33)71-48(32-12-14-36(63-23(3)53)39(16-32)66-26(6)56)50(70-30(10)60)46(44)45-42(68-28(8)58)20-37(64-24(4)54)34-19-43(69-29(9)59)47(72-49(34)45)31-11-13-35(62-22(2)52)38(15-31)65-25(5)55/h11-18,20,43,46-48,50H,19H2,1-10H3. The Morgan fingerprint density at radius 3 is 1.31 bits per heavy atom. The van der Waals surface area contributed by atoms with Gasteiger partial charge in [-0.05, 0) is 24.3 Å². The van der Waals surface area contributed by atoms with Crippen molar-refractivity contribution < 1.29 is 105 Å². The lowest BCUT2D eigenvalue weighted by molar-refractivity contribution is -0.154. The summed E-state index contributed by atoms with van der Waals surface area (Å²) < 4.78 is 69.7. The molecular weight excluding hydrogens is 953 g/mol. The molecule has 5 unspecified atom stereocenters. The van der Waals surface area contributed by atoms with Crippen molar-refractivity contribution >= 4 is 59.7 Å². The summed E-state index contributed by atoms with van der Waals surface area (Å²) in [4.78, 5) is 127. The van der Waals surface area contributed by atoms with Crippen LogP contribution in [-0.2, 0) is 63.8 Å². The summed E-state index contributed by atoms with van der Waals surface area (Å²) in [5.74, 6) is -12.6. The van der Waals surface area contributed by atoms with Crippen LogP contribution in [0, 0.1) is 0 Å². The van der Waals surface area contributed by atoms with E-state index >= 15 is 0 Å². The highest BCUT2D eigenvalue weighted by Crippen LogP contribution is 2.59. The molecule has 0 aromatic heterocycles. The number of benzene rings is 4. The molecule has 72 heavy (non-hydrogen) atoms. The number of esters is 10. The lowest BCUT2D eigenvalue weighted by Crippen LogP contribution is -2.40. The van der Waals surface area contributed by atoms with E-state index < -0.39 is 95.8 Å². The van der Waals surface area contributed by atoms with Crippen LogP contribution in [0.4, 0.5) is 0 Å². The van der Waals surface area contributed by atoms with Gasteiger partial charge in [-0.25, -0.2) is 0 Å². The third-order valence-corrected chi connectivity index (χ3v) is 10.2. The van der Waals surface area contributed by atoms with Crippen LogP contribution in [0.2, 0.25) is 0 Å². The minimum atomic E-state index is -1.68. The second-order valence-corrected chi connectivity index (χ2v) is 16.1. The van der Waals surface area contributed by atoms with Gasteiger partial charge >= 0.3 is 59.7 Å². The Balaban J connectivity index is 1.78. The molecule has 0 bridgehead atoms. The molecule has 378 valence electrons. The van der Waals surface area contributed by atoms with Gasteiger partial charge in [0.05, 0.1) is 5.92 Å². The molecule has 6 rings (SSSR count). The van der Waals surface area contributed by atoms with Crippen molar-refractivity contribution in [3.8, 4) is 57.5 Å². The van der Waals surface area contributed by atoms with E-state index in [0.717, 1.165) is 69.2 Å². The summed E-state index contributed by atoms with van der Waals surface area (Å²) in [5.41, 5.74) is -0.0622. The molecule has 2 aliphatic heterocycles. The maximum atomic E-state index is 13.5. The highest BCUT2D eigenvalue weighted by atomic mass is 16.6. The van der Waals surface area contributed by atoms with Crippen molar-refractivity contribution in [2.24, 2.45) is 0 Å². The molecule has 22 heteroatoms. The summed E-state index contributed by atoms with van der Waals surface area (Å²) in [6, 6.07) is 11.5. The predicted octanol–water partition coefficient (Wildman–Crippen LogP) is 5.89. The minimum Gasteiger partial charge on any atom is -0.481 e. The first kappa shape index (κ1) is 52.5. The summed E-state index contributed by atoms with van der Waals surface area (Å²) >= 11 is 0. The van der Waals surface area contributed by atoms with E-state index in [2.05, 4.69) is 0 Å². The summed E-state index contributed by atoms with van der Waals surface area (Å²) in [6.45, 7) is 10.9. The number of fused-ring (bicyclic) bond motifs is 2. The van der Waals surface area contributed by atoms with Gasteiger partial charge in [0.25, 0.3) is 0 Å². The van der Waals surface area contributed by atoms with Gasteiger partial charge in [0, 0.05) is 122 Å². The lowest BCUT2D eigenvalue weighted by Gasteiger charge is -2.42. The van der Waals surface area contributed by atoms with Crippen molar-refractivity contribution in [1.29, 1.82) is 0 Å². The Morgan fingerprint density at radius 2 is 0.833 bits per heavy atom. The fourth-order valence-electron chi connectivity index (χ4n) is 8.12. The van der Waals surface area contributed by atoms with Crippen LogP contribution in [0.1, 0.15) is 115 Å². The number of hydrogen-bond acceptors (Lipinski definition) is 22. The molecule has 0 amide bonds. The maximum absolute atomic E-state index is 13.5. The Morgan fingerprint density at radius 1 is 0.403 bits per heavy atom. The van der Waals surface area contributed by atoms with Gasteiger partial charge in [-0.3, -0.25) is 47.9 Å². The zero-order valence-electron chi connectivity index (χ0n) is 40.3.